The molecule has 0 spiro atoms. The van der Waals surface area contributed by atoms with Crippen molar-refractivity contribution in [3.63, 3.8) is 0 Å². The molecular weight excluding hydrogens is 258 g/mol. The molecule has 1 aromatic rings. The zero-order chi connectivity index (χ0) is 15.3. The van der Waals surface area contributed by atoms with Crippen LogP contribution in [-0.4, -0.2) is 34.7 Å². The topological polar surface area (TPSA) is 75.6 Å². The standard InChI is InChI=1S/C15H21NO4/c1-10(2)20-14(19)15(4,11(3)17)16-13(18)12-8-6-5-7-9-12/h5-11,17H,1-4H3,(H,16,18)/t11-,15+/m1/s1. The Morgan fingerprint density at radius 3 is 2.20 bits per heavy atom. The van der Waals surface area contributed by atoms with Crippen LogP contribution in [0.15, 0.2) is 30.3 Å². The highest BCUT2D eigenvalue weighted by atomic mass is 16.5. The molecule has 2 atom stereocenters. The van der Waals surface area contributed by atoms with Crippen molar-refractivity contribution in [3.8, 4) is 0 Å². The molecule has 110 valence electrons. The highest BCUT2D eigenvalue weighted by Crippen LogP contribution is 2.15. The summed E-state index contributed by atoms with van der Waals surface area (Å²) < 4.78 is 5.10. The van der Waals surface area contributed by atoms with Crippen LogP contribution in [0.2, 0.25) is 0 Å². The lowest BCUT2D eigenvalue weighted by Gasteiger charge is -2.32. The van der Waals surface area contributed by atoms with Gasteiger partial charge in [-0.15, -0.1) is 0 Å². The molecule has 5 nitrogen and oxygen atoms in total. The van der Waals surface area contributed by atoms with E-state index in [0.717, 1.165) is 0 Å². The van der Waals surface area contributed by atoms with E-state index < -0.39 is 23.5 Å². The molecule has 0 unspecified atom stereocenters. The Hall–Kier alpha value is -1.88. The van der Waals surface area contributed by atoms with Crippen molar-refractivity contribution in [3.05, 3.63) is 35.9 Å². The molecule has 0 aliphatic rings. The molecule has 5 heteroatoms. The van der Waals surface area contributed by atoms with Crippen LogP contribution < -0.4 is 5.32 Å². The van der Waals surface area contributed by atoms with Gasteiger partial charge in [-0.1, -0.05) is 18.2 Å². The quantitative estimate of drug-likeness (QED) is 0.801. The molecule has 0 bridgehead atoms. The number of ether oxygens (including phenoxy) is 1. The first-order chi connectivity index (χ1) is 9.27. The van der Waals surface area contributed by atoms with E-state index in [0.29, 0.717) is 5.56 Å². The zero-order valence-electron chi connectivity index (χ0n) is 12.2. The lowest BCUT2D eigenvalue weighted by molar-refractivity contribution is -0.158. The van der Waals surface area contributed by atoms with E-state index in [4.69, 9.17) is 4.74 Å². The van der Waals surface area contributed by atoms with Gasteiger partial charge in [-0.25, -0.2) is 4.79 Å². The third-order valence-corrected chi connectivity index (χ3v) is 3.01. The number of amides is 1. The summed E-state index contributed by atoms with van der Waals surface area (Å²) in [6, 6.07) is 8.50. The number of hydrogen-bond acceptors (Lipinski definition) is 4. The molecule has 0 saturated heterocycles. The van der Waals surface area contributed by atoms with E-state index in [1.54, 1.807) is 44.2 Å². The maximum atomic E-state index is 12.1. The first-order valence-corrected chi connectivity index (χ1v) is 6.54. The van der Waals surface area contributed by atoms with Gasteiger partial charge in [-0.2, -0.15) is 0 Å². The Morgan fingerprint density at radius 2 is 1.75 bits per heavy atom. The summed E-state index contributed by atoms with van der Waals surface area (Å²) in [5.74, 6) is -1.10. The fourth-order valence-corrected chi connectivity index (χ4v) is 1.56. The number of nitrogens with one attached hydrogen (secondary N) is 1. The van der Waals surface area contributed by atoms with Crippen LogP contribution in [-0.2, 0) is 9.53 Å². The number of hydrogen-bond donors (Lipinski definition) is 2. The van der Waals surface area contributed by atoms with Crippen molar-refractivity contribution in [2.24, 2.45) is 0 Å². The Morgan fingerprint density at radius 1 is 1.20 bits per heavy atom. The molecule has 0 aliphatic heterocycles. The van der Waals surface area contributed by atoms with E-state index in [1.165, 1.54) is 13.8 Å². The Bertz CT molecular complexity index is 470. The summed E-state index contributed by atoms with van der Waals surface area (Å²) in [4.78, 5) is 24.2. The van der Waals surface area contributed by atoms with Crippen LogP contribution in [0.3, 0.4) is 0 Å². The van der Waals surface area contributed by atoms with Crippen LogP contribution in [0.1, 0.15) is 38.1 Å². The summed E-state index contributed by atoms with van der Waals surface area (Å²) in [7, 11) is 0. The number of aliphatic hydroxyl groups excluding tert-OH is 1. The van der Waals surface area contributed by atoms with Crippen molar-refractivity contribution in [2.75, 3.05) is 0 Å². The second-order valence-electron chi connectivity index (χ2n) is 5.15. The van der Waals surface area contributed by atoms with Gasteiger partial charge in [-0.3, -0.25) is 4.79 Å². The van der Waals surface area contributed by atoms with Gasteiger partial charge in [0.1, 0.15) is 0 Å². The van der Waals surface area contributed by atoms with Crippen LogP contribution >= 0.6 is 0 Å². The van der Waals surface area contributed by atoms with Gasteiger partial charge in [0.2, 0.25) is 0 Å². The van der Waals surface area contributed by atoms with Gasteiger partial charge < -0.3 is 15.2 Å². The van der Waals surface area contributed by atoms with Crippen LogP contribution in [0.25, 0.3) is 0 Å². The minimum absolute atomic E-state index is 0.325. The van der Waals surface area contributed by atoms with Crippen molar-refractivity contribution in [1.82, 2.24) is 5.32 Å². The van der Waals surface area contributed by atoms with Crippen molar-refractivity contribution in [1.29, 1.82) is 0 Å². The van der Waals surface area contributed by atoms with E-state index in [1.807, 2.05) is 0 Å². The molecular formula is C15H21NO4. The van der Waals surface area contributed by atoms with E-state index >= 15 is 0 Å². The summed E-state index contributed by atoms with van der Waals surface area (Å²) in [6.07, 6.45) is -1.41. The first kappa shape index (κ1) is 16.2. The van der Waals surface area contributed by atoms with Gasteiger partial charge in [0.15, 0.2) is 5.54 Å². The fraction of sp³-hybridized carbons (Fsp3) is 0.467. The molecule has 1 aromatic carbocycles. The molecule has 2 N–H and O–H groups in total. The summed E-state index contributed by atoms with van der Waals surface area (Å²) >= 11 is 0. The highest BCUT2D eigenvalue weighted by Gasteiger charge is 2.42. The summed E-state index contributed by atoms with van der Waals surface area (Å²) in [6.45, 7) is 6.30. The first-order valence-electron chi connectivity index (χ1n) is 6.54. The number of esters is 1. The molecule has 0 fully saturated rings. The van der Waals surface area contributed by atoms with Gasteiger partial charge in [0.25, 0.3) is 5.91 Å². The molecule has 0 radical (unpaired) electrons. The normalized spacial score (nSPS) is 15.3. The number of aliphatic hydroxyl groups is 1. The Labute approximate surface area is 118 Å². The van der Waals surface area contributed by atoms with E-state index in [9.17, 15) is 14.7 Å². The Kier molecular flexibility index (Phi) is 5.27. The molecule has 1 amide bonds. The molecule has 0 aliphatic carbocycles. The number of carbonyl (C=O) groups is 2. The van der Waals surface area contributed by atoms with Crippen LogP contribution in [0.5, 0.6) is 0 Å². The molecule has 20 heavy (non-hydrogen) atoms. The smallest absolute Gasteiger partial charge is 0.334 e. The predicted molar refractivity (Wildman–Crippen MR) is 75.2 cm³/mol. The van der Waals surface area contributed by atoms with Crippen molar-refractivity contribution < 1.29 is 19.4 Å². The molecule has 0 saturated carbocycles. The van der Waals surface area contributed by atoms with E-state index in [-0.39, 0.29) is 6.10 Å². The lowest BCUT2D eigenvalue weighted by atomic mass is 9.95. The second kappa shape index (κ2) is 6.52. The van der Waals surface area contributed by atoms with Gasteiger partial charge in [0.05, 0.1) is 12.2 Å². The van der Waals surface area contributed by atoms with Crippen LogP contribution in [0.4, 0.5) is 0 Å². The maximum absolute atomic E-state index is 12.1. The highest BCUT2D eigenvalue weighted by molar-refractivity contribution is 5.98. The van der Waals surface area contributed by atoms with Gasteiger partial charge in [-0.05, 0) is 39.8 Å². The molecule has 1 rings (SSSR count). The minimum Gasteiger partial charge on any atom is -0.461 e. The fourth-order valence-electron chi connectivity index (χ4n) is 1.56. The van der Waals surface area contributed by atoms with Gasteiger partial charge >= 0.3 is 5.97 Å². The third-order valence-electron chi connectivity index (χ3n) is 3.01. The van der Waals surface area contributed by atoms with E-state index in [2.05, 4.69) is 5.32 Å². The van der Waals surface area contributed by atoms with Gasteiger partial charge in [0, 0.05) is 5.56 Å². The molecule has 0 heterocycles. The monoisotopic (exact) mass is 279 g/mol. The van der Waals surface area contributed by atoms with Crippen LogP contribution in [0, 0.1) is 0 Å². The number of benzene rings is 1. The lowest BCUT2D eigenvalue weighted by Crippen LogP contribution is -2.60. The van der Waals surface area contributed by atoms with Crippen molar-refractivity contribution in [2.45, 2.75) is 45.4 Å². The summed E-state index contributed by atoms with van der Waals surface area (Å²) in [5, 5.41) is 12.4. The SMILES string of the molecule is CC(C)OC(=O)[C@@](C)(NC(=O)c1ccccc1)[C@@H](C)O. The average Bonchev–Trinajstić information content (AvgIpc) is 2.38. The summed E-state index contributed by atoms with van der Waals surface area (Å²) in [5.41, 5.74) is -1.08. The molecule has 0 aromatic heterocycles. The average molecular weight is 279 g/mol. The number of rotatable bonds is 5. The predicted octanol–water partition coefficient (Wildman–Crippen LogP) is 1.51. The Balaban J connectivity index is 2.92. The second-order valence-corrected chi connectivity index (χ2v) is 5.15. The maximum Gasteiger partial charge on any atom is 0.334 e. The zero-order valence-corrected chi connectivity index (χ0v) is 12.2. The third kappa shape index (κ3) is 3.81. The van der Waals surface area contributed by atoms with Crippen molar-refractivity contribution >= 4 is 11.9 Å². The number of carbonyl (C=O) groups excluding carboxylic acids is 2. The minimum atomic E-state index is -1.49. The largest absolute Gasteiger partial charge is 0.461 e.